The van der Waals surface area contributed by atoms with Crippen molar-refractivity contribution in [2.24, 2.45) is 0 Å². The normalized spacial score (nSPS) is 11.1. The van der Waals surface area contributed by atoms with E-state index in [0.29, 0.717) is 16.7 Å². The Morgan fingerprint density at radius 1 is 1.05 bits per heavy atom. The van der Waals surface area contributed by atoms with E-state index in [9.17, 15) is 14.7 Å². The molecule has 0 amide bonds. The first-order valence-electron chi connectivity index (χ1n) is 6.62. The fraction of sp³-hybridized carbons (Fsp3) is 0. The molecular formula is C17H11N2O3-. The molecule has 0 saturated heterocycles. The maximum absolute atomic E-state index is 11.9. The smallest absolute Gasteiger partial charge is 0.259 e. The van der Waals surface area contributed by atoms with Crippen LogP contribution >= 0.6 is 0 Å². The molecule has 0 aliphatic carbocycles. The number of aromatic carboxylic acids is 1. The van der Waals surface area contributed by atoms with E-state index in [1.54, 1.807) is 42.5 Å². The van der Waals surface area contributed by atoms with E-state index >= 15 is 0 Å². The van der Waals surface area contributed by atoms with Gasteiger partial charge in [0.05, 0.1) is 16.9 Å². The van der Waals surface area contributed by atoms with Crippen molar-refractivity contribution in [3.05, 3.63) is 75.8 Å². The van der Waals surface area contributed by atoms with Crippen LogP contribution in [0.5, 0.6) is 0 Å². The highest BCUT2D eigenvalue weighted by molar-refractivity contribution is 5.86. The Bertz CT molecular complexity index is 925. The van der Waals surface area contributed by atoms with Crippen LogP contribution in [-0.2, 0) is 0 Å². The van der Waals surface area contributed by atoms with Gasteiger partial charge in [-0.2, -0.15) is 0 Å². The number of fused-ring (bicyclic) bond motifs is 1. The molecule has 5 nitrogen and oxygen atoms in total. The lowest BCUT2D eigenvalue weighted by atomic mass is 10.1. The minimum atomic E-state index is -1.21. The van der Waals surface area contributed by atoms with E-state index in [1.807, 2.05) is 6.07 Å². The fourth-order valence-corrected chi connectivity index (χ4v) is 2.09. The van der Waals surface area contributed by atoms with Crippen molar-refractivity contribution in [1.29, 1.82) is 0 Å². The van der Waals surface area contributed by atoms with Crippen molar-refractivity contribution in [1.82, 2.24) is 9.97 Å². The Labute approximate surface area is 125 Å². The zero-order valence-electron chi connectivity index (χ0n) is 11.4. The number of carbonyl (C=O) groups excluding carboxylic acids is 1. The molecule has 0 saturated carbocycles. The third kappa shape index (κ3) is 2.78. The summed E-state index contributed by atoms with van der Waals surface area (Å²) < 4.78 is 0. The lowest BCUT2D eigenvalue weighted by molar-refractivity contribution is -0.255. The number of nitrogens with zero attached hydrogens (tertiary/aromatic N) is 1. The van der Waals surface area contributed by atoms with Crippen molar-refractivity contribution >= 4 is 29.0 Å². The first-order valence-corrected chi connectivity index (χ1v) is 6.62. The van der Waals surface area contributed by atoms with Gasteiger partial charge in [-0.05, 0) is 29.3 Å². The molecule has 0 aliphatic rings. The summed E-state index contributed by atoms with van der Waals surface area (Å²) in [5, 5.41) is 11.2. The third-order valence-corrected chi connectivity index (χ3v) is 3.21. The molecule has 0 radical (unpaired) electrons. The Balaban J connectivity index is 1.92. The number of carbonyl (C=O) groups is 1. The number of aromatic nitrogens is 2. The minimum absolute atomic E-state index is 0.120. The summed E-state index contributed by atoms with van der Waals surface area (Å²) in [6, 6.07) is 13.3. The van der Waals surface area contributed by atoms with Crippen LogP contribution in [0.3, 0.4) is 0 Å². The van der Waals surface area contributed by atoms with E-state index in [0.717, 1.165) is 5.56 Å². The summed E-state index contributed by atoms with van der Waals surface area (Å²) in [4.78, 5) is 29.6. The summed E-state index contributed by atoms with van der Waals surface area (Å²) in [6.07, 6.45) is 3.41. The van der Waals surface area contributed by atoms with Gasteiger partial charge in [0.25, 0.3) is 5.56 Å². The Kier molecular flexibility index (Phi) is 3.53. The number of nitrogens with one attached hydrogen (secondary N) is 1. The van der Waals surface area contributed by atoms with Crippen LogP contribution < -0.4 is 10.7 Å². The maximum Gasteiger partial charge on any atom is 0.259 e. The average molecular weight is 291 g/mol. The molecule has 22 heavy (non-hydrogen) atoms. The topological polar surface area (TPSA) is 85.9 Å². The monoisotopic (exact) mass is 291 g/mol. The van der Waals surface area contributed by atoms with E-state index in [2.05, 4.69) is 9.97 Å². The predicted octanol–water partition coefficient (Wildman–Crippen LogP) is 1.46. The summed E-state index contributed by atoms with van der Waals surface area (Å²) in [6.45, 7) is 0. The first-order chi connectivity index (χ1) is 10.6. The van der Waals surface area contributed by atoms with Gasteiger partial charge >= 0.3 is 0 Å². The van der Waals surface area contributed by atoms with Gasteiger partial charge in [0, 0.05) is 0 Å². The molecule has 0 aliphatic heterocycles. The molecule has 3 aromatic rings. The molecule has 5 heteroatoms. The highest BCUT2D eigenvalue weighted by Gasteiger charge is 2.00. The largest absolute Gasteiger partial charge is 0.545 e. The molecule has 108 valence electrons. The summed E-state index contributed by atoms with van der Waals surface area (Å²) >= 11 is 0. The zero-order valence-corrected chi connectivity index (χ0v) is 11.4. The molecular weight excluding hydrogens is 280 g/mol. The number of carboxylic acids is 1. The van der Waals surface area contributed by atoms with E-state index in [4.69, 9.17) is 0 Å². The first kappa shape index (κ1) is 13.8. The molecule has 0 unspecified atom stereocenters. The second-order valence-corrected chi connectivity index (χ2v) is 4.71. The number of hydrogen-bond donors (Lipinski definition) is 1. The van der Waals surface area contributed by atoms with Crippen LogP contribution in [-0.4, -0.2) is 15.9 Å². The van der Waals surface area contributed by atoms with Gasteiger partial charge < -0.3 is 14.9 Å². The number of hydrogen-bond acceptors (Lipinski definition) is 4. The number of carboxylic acid groups (broad SMARTS) is 1. The third-order valence-electron chi connectivity index (χ3n) is 3.21. The van der Waals surface area contributed by atoms with Crippen LogP contribution in [0.1, 0.15) is 21.7 Å². The van der Waals surface area contributed by atoms with Crippen LogP contribution in [0.4, 0.5) is 0 Å². The Morgan fingerprint density at radius 2 is 1.77 bits per heavy atom. The standard InChI is InChI=1S/C17H12N2O3/c20-16-13-3-1-2-4-14(13)18-15(19-16)10-7-11-5-8-12(9-6-11)17(21)22/h1-10H,(H,21,22)(H,18,19,20)/p-1/b10-7+. The molecule has 0 atom stereocenters. The number of rotatable bonds is 3. The fourth-order valence-electron chi connectivity index (χ4n) is 2.09. The van der Waals surface area contributed by atoms with Crippen molar-refractivity contribution in [2.45, 2.75) is 0 Å². The molecule has 0 spiro atoms. The van der Waals surface area contributed by atoms with E-state index < -0.39 is 5.97 Å². The molecule has 0 bridgehead atoms. The van der Waals surface area contributed by atoms with Gasteiger partial charge in [0.1, 0.15) is 5.82 Å². The van der Waals surface area contributed by atoms with Gasteiger partial charge in [0.2, 0.25) is 0 Å². The lowest BCUT2D eigenvalue weighted by Crippen LogP contribution is -2.21. The van der Waals surface area contributed by atoms with Crippen LogP contribution in [0.15, 0.2) is 53.3 Å². The second kappa shape index (κ2) is 5.65. The van der Waals surface area contributed by atoms with Crippen molar-refractivity contribution < 1.29 is 9.90 Å². The van der Waals surface area contributed by atoms with E-state index in [1.165, 1.54) is 12.1 Å². The molecule has 1 N–H and O–H groups in total. The Hall–Kier alpha value is -3.21. The quantitative estimate of drug-likeness (QED) is 0.791. The van der Waals surface area contributed by atoms with Crippen LogP contribution in [0.25, 0.3) is 23.1 Å². The predicted molar refractivity (Wildman–Crippen MR) is 82.1 cm³/mol. The number of benzene rings is 2. The number of para-hydroxylation sites is 1. The van der Waals surface area contributed by atoms with Gasteiger partial charge in [-0.1, -0.05) is 42.5 Å². The highest BCUT2D eigenvalue weighted by atomic mass is 16.4. The summed E-state index contributed by atoms with van der Waals surface area (Å²) in [5.41, 5.74) is 1.34. The molecule has 0 fully saturated rings. The van der Waals surface area contributed by atoms with Gasteiger partial charge in [-0.15, -0.1) is 0 Å². The number of aromatic amines is 1. The van der Waals surface area contributed by atoms with Gasteiger partial charge in [0.15, 0.2) is 0 Å². The highest BCUT2D eigenvalue weighted by Crippen LogP contribution is 2.09. The second-order valence-electron chi connectivity index (χ2n) is 4.71. The zero-order chi connectivity index (χ0) is 15.5. The number of H-pyrrole nitrogens is 1. The van der Waals surface area contributed by atoms with Gasteiger partial charge in [-0.3, -0.25) is 4.79 Å². The molecule has 3 rings (SSSR count). The van der Waals surface area contributed by atoms with Crippen LogP contribution in [0.2, 0.25) is 0 Å². The summed E-state index contributed by atoms with van der Waals surface area (Å²) in [5.74, 6) is -0.774. The average Bonchev–Trinajstić information content (AvgIpc) is 2.53. The van der Waals surface area contributed by atoms with E-state index in [-0.39, 0.29) is 11.1 Å². The maximum atomic E-state index is 11.9. The van der Waals surface area contributed by atoms with Gasteiger partial charge in [-0.25, -0.2) is 4.98 Å². The molecule has 1 aromatic heterocycles. The molecule has 2 aromatic carbocycles. The van der Waals surface area contributed by atoms with Crippen molar-refractivity contribution in [3.8, 4) is 0 Å². The van der Waals surface area contributed by atoms with Crippen molar-refractivity contribution in [3.63, 3.8) is 0 Å². The molecule has 1 heterocycles. The van der Waals surface area contributed by atoms with Crippen molar-refractivity contribution in [2.75, 3.05) is 0 Å². The lowest BCUT2D eigenvalue weighted by Gasteiger charge is -2.02. The minimum Gasteiger partial charge on any atom is -0.545 e. The van der Waals surface area contributed by atoms with Crippen LogP contribution in [0, 0.1) is 0 Å². The summed E-state index contributed by atoms with van der Waals surface area (Å²) in [7, 11) is 0. The SMILES string of the molecule is O=C([O-])c1ccc(/C=C/c2nc3ccccc3c(=O)[nH]2)cc1. The Morgan fingerprint density at radius 3 is 2.50 bits per heavy atom.